The van der Waals surface area contributed by atoms with Gasteiger partial charge in [-0.15, -0.1) is 0 Å². The molecule has 3 aromatic heterocycles. The molecule has 3 heterocycles. The lowest BCUT2D eigenvalue weighted by Gasteiger charge is -2.10. The number of aromatic nitrogens is 5. The summed E-state index contributed by atoms with van der Waals surface area (Å²) in [6.07, 6.45) is 3.26. The van der Waals surface area contributed by atoms with Crippen LogP contribution in [0.15, 0.2) is 61.3 Å². The van der Waals surface area contributed by atoms with Gasteiger partial charge in [-0.25, -0.2) is 19.3 Å². The molecule has 1 aromatic carbocycles. The Labute approximate surface area is 191 Å². The summed E-state index contributed by atoms with van der Waals surface area (Å²) >= 11 is 0. The molecule has 0 spiro atoms. The van der Waals surface area contributed by atoms with Gasteiger partial charge in [-0.1, -0.05) is 12.1 Å². The molecule has 7 nitrogen and oxygen atoms in total. The SMILES string of the molecule is Cn1cc(Cc2ncc(-c3ccc(CC(=O)Nc4cc(C(F)(F)F)ccn4)cc3F)cn2)cn1. The summed E-state index contributed by atoms with van der Waals surface area (Å²) in [6.45, 7) is 0. The summed E-state index contributed by atoms with van der Waals surface area (Å²) in [6, 6.07) is 5.79. The molecule has 34 heavy (non-hydrogen) atoms. The molecule has 11 heteroatoms. The van der Waals surface area contributed by atoms with Crippen molar-refractivity contribution in [2.45, 2.75) is 19.0 Å². The molecule has 0 radical (unpaired) electrons. The number of alkyl halides is 3. The number of nitrogens with one attached hydrogen (secondary N) is 1. The molecule has 0 atom stereocenters. The fourth-order valence-electron chi connectivity index (χ4n) is 3.28. The molecule has 0 fully saturated rings. The lowest BCUT2D eigenvalue weighted by atomic mass is 10.0. The normalized spacial score (nSPS) is 11.4. The molecule has 4 aromatic rings. The molecule has 174 valence electrons. The van der Waals surface area contributed by atoms with Gasteiger partial charge >= 0.3 is 6.18 Å². The quantitative estimate of drug-likeness (QED) is 0.427. The van der Waals surface area contributed by atoms with Crippen LogP contribution in [0.4, 0.5) is 23.4 Å². The highest BCUT2D eigenvalue weighted by atomic mass is 19.4. The van der Waals surface area contributed by atoms with E-state index >= 15 is 0 Å². The molecule has 4 rings (SSSR count). The van der Waals surface area contributed by atoms with Gasteiger partial charge in [-0.2, -0.15) is 18.3 Å². The van der Waals surface area contributed by atoms with Gasteiger partial charge in [0.15, 0.2) is 0 Å². The summed E-state index contributed by atoms with van der Waals surface area (Å²) in [5.41, 5.74) is 1.10. The Balaban J connectivity index is 1.41. The van der Waals surface area contributed by atoms with Gasteiger partial charge in [0.25, 0.3) is 0 Å². The average molecular weight is 470 g/mol. The number of hydrogen-bond donors (Lipinski definition) is 1. The number of carbonyl (C=O) groups excluding carboxylic acids is 1. The zero-order chi connectivity index (χ0) is 24.3. The maximum absolute atomic E-state index is 14.7. The van der Waals surface area contributed by atoms with Crippen molar-refractivity contribution in [3.05, 3.63) is 89.6 Å². The molecule has 0 saturated heterocycles. The fraction of sp³-hybridized carbons (Fsp3) is 0.174. The van der Waals surface area contributed by atoms with E-state index in [1.165, 1.54) is 24.5 Å². The predicted octanol–water partition coefficient (Wildman–Crippen LogP) is 4.20. The minimum absolute atomic E-state index is 0.236. The minimum atomic E-state index is -4.55. The van der Waals surface area contributed by atoms with Gasteiger partial charge in [0.05, 0.1) is 18.2 Å². The molecule has 0 aliphatic heterocycles. The van der Waals surface area contributed by atoms with Gasteiger partial charge in [-0.05, 0) is 29.3 Å². The summed E-state index contributed by atoms with van der Waals surface area (Å²) in [7, 11) is 1.81. The smallest absolute Gasteiger partial charge is 0.310 e. The number of nitrogens with zero attached hydrogens (tertiary/aromatic N) is 5. The van der Waals surface area contributed by atoms with Crippen LogP contribution < -0.4 is 5.32 Å². The van der Waals surface area contributed by atoms with E-state index in [1.807, 2.05) is 13.2 Å². The van der Waals surface area contributed by atoms with Crippen molar-refractivity contribution in [3.63, 3.8) is 0 Å². The molecule has 1 amide bonds. The van der Waals surface area contributed by atoms with E-state index in [0.29, 0.717) is 23.4 Å². The van der Waals surface area contributed by atoms with Gasteiger partial charge < -0.3 is 5.32 Å². The van der Waals surface area contributed by atoms with Crippen LogP contribution in [-0.2, 0) is 30.9 Å². The van der Waals surface area contributed by atoms with Crippen molar-refractivity contribution in [2.75, 3.05) is 5.32 Å². The third-order valence-corrected chi connectivity index (χ3v) is 4.89. The Morgan fingerprint density at radius 3 is 2.44 bits per heavy atom. The zero-order valence-electron chi connectivity index (χ0n) is 17.8. The van der Waals surface area contributed by atoms with Crippen LogP contribution in [0.1, 0.15) is 22.5 Å². The average Bonchev–Trinajstić information content (AvgIpc) is 3.18. The highest BCUT2D eigenvalue weighted by molar-refractivity contribution is 5.91. The monoisotopic (exact) mass is 470 g/mol. The number of halogens is 4. The number of benzene rings is 1. The Kier molecular flexibility index (Phi) is 6.35. The van der Waals surface area contributed by atoms with E-state index in [0.717, 1.165) is 23.9 Å². The third kappa shape index (κ3) is 5.61. The second kappa shape index (κ2) is 9.38. The lowest BCUT2D eigenvalue weighted by molar-refractivity contribution is -0.137. The Bertz CT molecular complexity index is 1320. The van der Waals surface area contributed by atoms with Crippen molar-refractivity contribution in [2.24, 2.45) is 7.05 Å². The van der Waals surface area contributed by atoms with Crippen LogP contribution in [0.25, 0.3) is 11.1 Å². The first-order chi connectivity index (χ1) is 16.2. The van der Waals surface area contributed by atoms with E-state index in [1.54, 1.807) is 16.9 Å². The van der Waals surface area contributed by atoms with E-state index in [-0.39, 0.29) is 17.8 Å². The van der Waals surface area contributed by atoms with Crippen LogP contribution in [0.2, 0.25) is 0 Å². The standard InChI is InChI=1S/C23H18F4N6O/c1-33-13-15(10-31-33)7-20-29-11-16(12-30-20)18-3-2-14(6-19(18)24)8-22(34)32-21-9-17(4-5-28-21)23(25,26)27/h2-6,9-13H,7-8H2,1H3,(H,28,32,34). The van der Waals surface area contributed by atoms with Crippen LogP contribution >= 0.6 is 0 Å². The third-order valence-electron chi connectivity index (χ3n) is 4.89. The van der Waals surface area contributed by atoms with Crippen molar-refractivity contribution in [1.82, 2.24) is 24.7 Å². The van der Waals surface area contributed by atoms with E-state index in [4.69, 9.17) is 0 Å². The fourth-order valence-corrected chi connectivity index (χ4v) is 3.28. The number of aryl methyl sites for hydroxylation is 1. The Morgan fingerprint density at radius 1 is 1.03 bits per heavy atom. The number of pyridine rings is 1. The lowest BCUT2D eigenvalue weighted by Crippen LogP contribution is -2.16. The largest absolute Gasteiger partial charge is 0.416 e. The summed E-state index contributed by atoms with van der Waals surface area (Å²) in [5, 5.41) is 6.39. The first-order valence-electron chi connectivity index (χ1n) is 10.1. The molecule has 1 N–H and O–H groups in total. The van der Waals surface area contributed by atoms with E-state index < -0.39 is 23.5 Å². The number of anilines is 1. The molecule has 0 unspecified atom stereocenters. The molecule has 0 aliphatic rings. The minimum Gasteiger partial charge on any atom is -0.310 e. The Hall–Kier alpha value is -4.15. The highest BCUT2D eigenvalue weighted by Gasteiger charge is 2.30. The van der Waals surface area contributed by atoms with E-state index in [9.17, 15) is 22.4 Å². The van der Waals surface area contributed by atoms with Crippen molar-refractivity contribution >= 4 is 11.7 Å². The van der Waals surface area contributed by atoms with Gasteiger partial charge in [0, 0.05) is 49.4 Å². The number of hydrogen-bond acceptors (Lipinski definition) is 5. The summed E-state index contributed by atoms with van der Waals surface area (Å²) in [4.78, 5) is 24.5. The topological polar surface area (TPSA) is 85.6 Å². The van der Waals surface area contributed by atoms with Crippen LogP contribution in [-0.4, -0.2) is 30.6 Å². The number of carbonyl (C=O) groups is 1. The van der Waals surface area contributed by atoms with Crippen LogP contribution in [0.5, 0.6) is 0 Å². The Morgan fingerprint density at radius 2 is 1.79 bits per heavy atom. The molecule has 0 aliphatic carbocycles. The second-order valence-electron chi connectivity index (χ2n) is 7.55. The molecular formula is C23H18F4N6O. The van der Waals surface area contributed by atoms with Gasteiger partial charge in [-0.3, -0.25) is 9.48 Å². The predicted molar refractivity (Wildman–Crippen MR) is 115 cm³/mol. The van der Waals surface area contributed by atoms with Gasteiger partial charge in [0.1, 0.15) is 17.5 Å². The molecular weight excluding hydrogens is 452 g/mol. The maximum atomic E-state index is 14.7. The number of amides is 1. The van der Waals surface area contributed by atoms with Crippen molar-refractivity contribution in [3.8, 4) is 11.1 Å². The summed E-state index contributed by atoms with van der Waals surface area (Å²) in [5.74, 6) is -0.873. The first kappa shape index (κ1) is 23.0. The molecule has 0 saturated carbocycles. The van der Waals surface area contributed by atoms with Crippen molar-refractivity contribution < 1.29 is 22.4 Å². The molecule has 0 bridgehead atoms. The highest BCUT2D eigenvalue weighted by Crippen LogP contribution is 2.30. The summed E-state index contributed by atoms with van der Waals surface area (Å²) < 4.78 is 54.8. The second-order valence-corrected chi connectivity index (χ2v) is 7.55. The zero-order valence-corrected chi connectivity index (χ0v) is 17.8. The maximum Gasteiger partial charge on any atom is 0.416 e. The van der Waals surface area contributed by atoms with Crippen LogP contribution in [0, 0.1) is 5.82 Å². The van der Waals surface area contributed by atoms with Crippen molar-refractivity contribution in [1.29, 1.82) is 0 Å². The van der Waals surface area contributed by atoms with Crippen LogP contribution in [0.3, 0.4) is 0 Å². The van der Waals surface area contributed by atoms with Gasteiger partial charge in [0.2, 0.25) is 5.91 Å². The number of rotatable bonds is 6. The van der Waals surface area contributed by atoms with E-state index in [2.05, 4.69) is 25.4 Å². The first-order valence-corrected chi connectivity index (χ1v) is 10.1.